The van der Waals surface area contributed by atoms with Crippen LogP contribution in [0.1, 0.15) is 40.0 Å². The molecular weight excluding hydrogens is 178 g/mol. The Hall–Kier alpha value is -1.17. The van der Waals surface area contributed by atoms with Crippen LogP contribution in [0.5, 0.6) is 0 Å². The van der Waals surface area contributed by atoms with E-state index in [9.17, 15) is 4.79 Å². The first-order valence-electron chi connectivity index (χ1n) is 5.06. The van der Waals surface area contributed by atoms with Crippen molar-refractivity contribution >= 4 is 6.09 Å². The zero-order chi connectivity index (χ0) is 11.2. The van der Waals surface area contributed by atoms with Gasteiger partial charge in [0.05, 0.1) is 0 Å². The number of ether oxygens (including phenoxy) is 1. The van der Waals surface area contributed by atoms with E-state index < -0.39 is 6.09 Å². The molecule has 0 unspecified atom stereocenters. The van der Waals surface area contributed by atoms with Crippen molar-refractivity contribution < 1.29 is 9.53 Å². The molecule has 0 fully saturated rings. The molecule has 0 heterocycles. The van der Waals surface area contributed by atoms with E-state index in [4.69, 9.17) is 6.42 Å². The van der Waals surface area contributed by atoms with Gasteiger partial charge in [-0.2, -0.15) is 0 Å². The summed E-state index contributed by atoms with van der Waals surface area (Å²) in [5.74, 6) is 2.21. The molecule has 82 valence electrons. The average molecular weight is 199 g/mol. The number of carbonyl (C=O) groups excluding carboxylic acids is 1. The first-order chi connectivity index (χ1) is 6.72. The molecule has 0 bridgehead atoms. The molecule has 0 aliphatic rings. The summed E-state index contributed by atoms with van der Waals surface area (Å²) < 4.78 is 4.55. The van der Waals surface area contributed by atoms with Gasteiger partial charge in [0.15, 0.2) is 6.61 Å². The second kappa shape index (κ2) is 14.4. The van der Waals surface area contributed by atoms with Crippen molar-refractivity contribution in [1.29, 1.82) is 0 Å². The molecule has 14 heavy (non-hydrogen) atoms. The summed E-state index contributed by atoms with van der Waals surface area (Å²) in [5, 5.41) is 2.56. The van der Waals surface area contributed by atoms with Crippen LogP contribution in [0.25, 0.3) is 0 Å². The van der Waals surface area contributed by atoms with Crippen molar-refractivity contribution in [3.05, 3.63) is 0 Å². The van der Waals surface area contributed by atoms with Crippen LogP contribution >= 0.6 is 0 Å². The zero-order valence-electron chi connectivity index (χ0n) is 9.43. The van der Waals surface area contributed by atoms with Gasteiger partial charge in [-0.15, -0.1) is 6.42 Å². The molecule has 3 heteroatoms. The molecule has 0 radical (unpaired) electrons. The average Bonchev–Trinajstić information content (AvgIpc) is 2.16. The highest BCUT2D eigenvalue weighted by Crippen LogP contribution is 1.83. The first kappa shape index (κ1) is 15.3. The molecule has 0 saturated heterocycles. The lowest BCUT2D eigenvalue weighted by Crippen LogP contribution is -2.25. The predicted octanol–water partition coefficient (Wildman–Crippen LogP) is 2.56. The number of nitrogens with one attached hydrogen (secondary N) is 1. The number of hydrogen-bond donors (Lipinski definition) is 1. The number of terminal acetylenes is 1. The van der Waals surface area contributed by atoms with E-state index in [1.165, 1.54) is 6.42 Å². The normalized spacial score (nSPS) is 7.86. The summed E-state index contributed by atoms with van der Waals surface area (Å²) >= 11 is 0. The third-order valence-corrected chi connectivity index (χ3v) is 1.09. The van der Waals surface area contributed by atoms with Crippen molar-refractivity contribution in [2.24, 2.45) is 0 Å². The van der Waals surface area contributed by atoms with E-state index >= 15 is 0 Å². The van der Waals surface area contributed by atoms with Crippen molar-refractivity contribution in [3.8, 4) is 12.3 Å². The minimum absolute atomic E-state index is 0.0396. The molecule has 0 aromatic carbocycles. The number of carbonyl (C=O) groups is 1. The lowest BCUT2D eigenvalue weighted by atomic mass is 10.3. The SMILES string of the molecule is C#CCOC(=O)NCCCC.CCC. The molecule has 0 spiro atoms. The molecule has 0 aliphatic carbocycles. The van der Waals surface area contributed by atoms with Gasteiger partial charge in [0.2, 0.25) is 0 Å². The lowest BCUT2D eigenvalue weighted by molar-refractivity contribution is 0.160. The molecule has 0 aromatic rings. The fraction of sp³-hybridized carbons (Fsp3) is 0.727. The number of hydrogen-bond acceptors (Lipinski definition) is 2. The minimum Gasteiger partial charge on any atom is -0.436 e. The van der Waals surface area contributed by atoms with Gasteiger partial charge in [-0.3, -0.25) is 0 Å². The number of amides is 1. The molecule has 1 N–H and O–H groups in total. The number of alkyl carbamates (subject to hydrolysis) is 1. The first-order valence-corrected chi connectivity index (χ1v) is 5.06. The van der Waals surface area contributed by atoms with Gasteiger partial charge in [0.1, 0.15) is 0 Å². The van der Waals surface area contributed by atoms with E-state index in [0.717, 1.165) is 12.8 Å². The maximum Gasteiger partial charge on any atom is 0.408 e. The van der Waals surface area contributed by atoms with Crippen molar-refractivity contribution in [2.75, 3.05) is 13.2 Å². The van der Waals surface area contributed by atoms with E-state index in [2.05, 4.69) is 36.7 Å². The quantitative estimate of drug-likeness (QED) is 0.558. The van der Waals surface area contributed by atoms with Crippen LogP contribution < -0.4 is 5.32 Å². The molecule has 0 aromatic heterocycles. The fourth-order valence-corrected chi connectivity index (χ4v) is 0.525. The third-order valence-electron chi connectivity index (χ3n) is 1.09. The van der Waals surface area contributed by atoms with Gasteiger partial charge >= 0.3 is 6.09 Å². The van der Waals surface area contributed by atoms with Crippen LogP contribution in [0.15, 0.2) is 0 Å². The van der Waals surface area contributed by atoms with Gasteiger partial charge in [0.25, 0.3) is 0 Å². The minimum atomic E-state index is -0.434. The Balaban J connectivity index is 0. The second-order valence-electron chi connectivity index (χ2n) is 2.77. The summed E-state index contributed by atoms with van der Waals surface area (Å²) in [5.41, 5.74) is 0. The maximum absolute atomic E-state index is 10.6. The molecule has 1 amide bonds. The highest BCUT2D eigenvalue weighted by molar-refractivity contribution is 5.67. The largest absolute Gasteiger partial charge is 0.436 e. The highest BCUT2D eigenvalue weighted by Gasteiger charge is 1.96. The Bertz CT molecular complexity index is 161. The summed E-state index contributed by atoms with van der Waals surface area (Å²) in [6.07, 6.45) is 7.71. The van der Waals surface area contributed by atoms with Crippen molar-refractivity contribution in [3.63, 3.8) is 0 Å². The van der Waals surface area contributed by atoms with Crippen LogP contribution in [-0.2, 0) is 4.74 Å². The molecule has 0 aliphatic heterocycles. The Morgan fingerprint density at radius 3 is 2.43 bits per heavy atom. The van der Waals surface area contributed by atoms with Gasteiger partial charge in [-0.1, -0.05) is 39.5 Å². The predicted molar refractivity (Wildman–Crippen MR) is 59.1 cm³/mol. The molecule has 0 rings (SSSR count). The van der Waals surface area contributed by atoms with E-state index in [1.54, 1.807) is 0 Å². The Morgan fingerprint density at radius 2 is 2.00 bits per heavy atom. The molecule has 0 saturated carbocycles. The Kier molecular flexibility index (Phi) is 15.7. The standard InChI is InChI=1S/C8H13NO2.C3H8/c1-3-5-6-9-8(10)11-7-4-2;1-3-2/h2H,3,5-7H2,1H3,(H,9,10);3H2,1-2H3. The fourth-order valence-electron chi connectivity index (χ4n) is 0.525. The summed E-state index contributed by atoms with van der Waals surface area (Å²) in [6, 6.07) is 0. The maximum atomic E-state index is 10.6. The van der Waals surface area contributed by atoms with Crippen molar-refractivity contribution in [2.45, 2.75) is 40.0 Å². The third kappa shape index (κ3) is 17.1. The Labute approximate surface area is 87.2 Å². The van der Waals surface area contributed by atoms with Gasteiger partial charge in [-0.05, 0) is 6.42 Å². The smallest absolute Gasteiger partial charge is 0.408 e. The van der Waals surface area contributed by atoms with Crippen LogP contribution in [-0.4, -0.2) is 19.2 Å². The Morgan fingerprint density at radius 1 is 1.43 bits per heavy atom. The van der Waals surface area contributed by atoms with Crippen LogP contribution in [0.4, 0.5) is 4.79 Å². The van der Waals surface area contributed by atoms with Crippen LogP contribution in [0, 0.1) is 12.3 Å². The van der Waals surface area contributed by atoms with Gasteiger partial charge < -0.3 is 10.1 Å². The molecule has 0 atom stereocenters. The monoisotopic (exact) mass is 199 g/mol. The number of rotatable bonds is 4. The molecular formula is C11H21NO2. The topological polar surface area (TPSA) is 38.3 Å². The summed E-state index contributed by atoms with van der Waals surface area (Å²) in [6.45, 7) is 6.99. The van der Waals surface area contributed by atoms with Crippen LogP contribution in [0.3, 0.4) is 0 Å². The highest BCUT2D eigenvalue weighted by atomic mass is 16.5. The van der Waals surface area contributed by atoms with Gasteiger partial charge in [-0.25, -0.2) is 4.79 Å². The van der Waals surface area contributed by atoms with E-state index in [-0.39, 0.29) is 6.61 Å². The second-order valence-corrected chi connectivity index (χ2v) is 2.77. The van der Waals surface area contributed by atoms with Gasteiger partial charge in [0, 0.05) is 6.54 Å². The van der Waals surface area contributed by atoms with E-state index in [1.807, 2.05) is 0 Å². The lowest BCUT2D eigenvalue weighted by Gasteiger charge is -2.02. The molecule has 3 nitrogen and oxygen atoms in total. The summed E-state index contributed by atoms with van der Waals surface area (Å²) in [4.78, 5) is 10.6. The van der Waals surface area contributed by atoms with Crippen LogP contribution in [0.2, 0.25) is 0 Å². The summed E-state index contributed by atoms with van der Waals surface area (Å²) in [7, 11) is 0. The zero-order valence-corrected chi connectivity index (χ0v) is 9.43. The van der Waals surface area contributed by atoms with E-state index in [0.29, 0.717) is 6.54 Å². The van der Waals surface area contributed by atoms with Crippen molar-refractivity contribution in [1.82, 2.24) is 5.32 Å². The number of unbranched alkanes of at least 4 members (excludes halogenated alkanes) is 1.